The van der Waals surface area contributed by atoms with E-state index in [1.165, 1.54) is 22.2 Å². The number of fused-ring (bicyclic) bond motifs is 3. The second kappa shape index (κ2) is 7.75. The Hall–Kier alpha value is -3.17. The lowest BCUT2D eigenvalue weighted by Crippen LogP contribution is -2.21. The van der Waals surface area contributed by atoms with Gasteiger partial charge in [-0.2, -0.15) is 4.98 Å². The summed E-state index contributed by atoms with van der Waals surface area (Å²) in [6.45, 7) is 2.03. The number of hydrogen-bond acceptors (Lipinski definition) is 8. The van der Waals surface area contributed by atoms with Crippen LogP contribution in [0.15, 0.2) is 61.6 Å². The largest absolute Gasteiger partial charge is 0.461 e. The molecule has 0 unspecified atom stereocenters. The first-order valence-corrected chi connectivity index (χ1v) is 12.1. The zero-order valence-electron chi connectivity index (χ0n) is 17.2. The standard InChI is InChI=1S/C23H18N4O3S2/c1-13-7-9-14(10-8-13)27-22(28)19-15-4-2-6-17(15)32-21(19)25-23(27)31-12-18-24-20(26-30-18)16-5-3-11-29-16/h3,5,7-11H,2,4,6,12H2,1H3. The van der Waals surface area contributed by atoms with Crippen molar-refractivity contribution in [3.05, 3.63) is 74.9 Å². The van der Waals surface area contributed by atoms with Gasteiger partial charge in [0.25, 0.3) is 5.56 Å². The minimum absolute atomic E-state index is 0.0115. The van der Waals surface area contributed by atoms with E-state index in [-0.39, 0.29) is 5.56 Å². The van der Waals surface area contributed by atoms with Crippen LogP contribution in [0.5, 0.6) is 0 Å². The predicted octanol–water partition coefficient (Wildman–Crippen LogP) is 5.18. The molecule has 0 amide bonds. The van der Waals surface area contributed by atoms with Crippen LogP contribution in [0.2, 0.25) is 0 Å². The summed E-state index contributed by atoms with van der Waals surface area (Å²) >= 11 is 3.05. The maximum Gasteiger partial charge on any atom is 0.267 e. The molecule has 4 heterocycles. The minimum atomic E-state index is -0.0115. The van der Waals surface area contributed by atoms with E-state index < -0.39 is 0 Å². The normalized spacial score (nSPS) is 13.2. The number of aromatic nitrogens is 4. The summed E-state index contributed by atoms with van der Waals surface area (Å²) in [6.07, 6.45) is 4.65. The average molecular weight is 463 g/mol. The highest BCUT2D eigenvalue weighted by Gasteiger charge is 2.24. The number of thiophene rings is 1. The van der Waals surface area contributed by atoms with Gasteiger partial charge in [-0.25, -0.2) is 4.98 Å². The van der Waals surface area contributed by atoms with Gasteiger partial charge in [0.1, 0.15) is 4.83 Å². The number of rotatable bonds is 5. The van der Waals surface area contributed by atoms with E-state index in [2.05, 4.69) is 10.1 Å². The minimum Gasteiger partial charge on any atom is -0.461 e. The maximum absolute atomic E-state index is 13.7. The van der Waals surface area contributed by atoms with Crippen molar-refractivity contribution in [2.75, 3.05) is 0 Å². The van der Waals surface area contributed by atoms with Crippen molar-refractivity contribution in [1.29, 1.82) is 0 Å². The van der Waals surface area contributed by atoms with E-state index in [0.717, 1.165) is 40.7 Å². The van der Waals surface area contributed by atoms with Crippen molar-refractivity contribution in [3.8, 4) is 17.3 Å². The molecular weight excluding hydrogens is 444 g/mol. The zero-order chi connectivity index (χ0) is 21.7. The molecule has 0 spiro atoms. The molecule has 7 nitrogen and oxygen atoms in total. The monoisotopic (exact) mass is 462 g/mol. The van der Waals surface area contributed by atoms with Crippen LogP contribution in [0.3, 0.4) is 0 Å². The van der Waals surface area contributed by atoms with Gasteiger partial charge in [0.05, 0.1) is 23.1 Å². The van der Waals surface area contributed by atoms with E-state index in [1.807, 2.05) is 31.2 Å². The molecule has 0 N–H and O–H groups in total. The van der Waals surface area contributed by atoms with Crippen molar-refractivity contribution in [2.45, 2.75) is 37.1 Å². The van der Waals surface area contributed by atoms with Crippen LogP contribution in [0.1, 0.15) is 28.3 Å². The molecule has 0 radical (unpaired) electrons. The van der Waals surface area contributed by atoms with Crippen molar-refractivity contribution < 1.29 is 8.94 Å². The summed E-state index contributed by atoms with van der Waals surface area (Å²) in [6, 6.07) is 11.5. The van der Waals surface area contributed by atoms with Crippen LogP contribution < -0.4 is 5.56 Å². The Labute approximate surface area is 191 Å². The molecule has 1 aliphatic rings. The average Bonchev–Trinajstić information content (AvgIpc) is 3.56. The van der Waals surface area contributed by atoms with Crippen LogP contribution in [0, 0.1) is 6.92 Å². The molecule has 0 fully saturated rings. The molecule has 0 saturated carbocycles. The van der Waals surface area contributed by atoms with Crippen LogP contribution in [0.4, 0.5) is 0 Å². The van der Waals surface area contributed by atoms with E-state index in [4.69, 9.17) is 13.9 Å². The molecule has 0 saturated heterocycles. The van der Waals surface area contributed by atoms with Crippen LogP contribution in [-0.4, -0.2) is 19.7 Å². The molecule has 9 heteroatoms. The van der Waals surface area contributed by atoms with Gasteiger partial charge < -0.3 is 8.94 Å². The molecular formula is C23H18N4O3S2. The molecule has 4 aromatic heterocycles. The summed E-state index contributed by atoms with van der Waals surface area (Å²) in [7, 11) is 0. The van der Waals surface area contributed by atoms with Gasteiger partial charge in [-0.05, 0) is 56.0 Å². The first kappa shape index (κ1) is 19.5. The molecule has 1 aromatic carbocycles. The summed E-state index contributed by atoms with van der Waals surface area (Å²) in [4.78, 5) is 25.1. The number of aryl methyl sites for hydroxylation is 3. The molecule has 6 rings (SSSR count). The van der Waals surface area contributed by atoms with E-state index in [9.17, 15) is 4.79 Å². The Balaban J connectivity index is 1.42. The summed E-state index contributed by atoms with van der Waals surface area (Å²) in [5, 5.41) is 5.37. The Kier molecular flexibility index (Phi) is 4.73. The molecule has 0 aliphatic heterocycles. The number of furan rings is 1. The fourth-order valence-corrected chi connectivity index (χ4v) is 6.14. The smallest absolute Gasteiger partial charge is 0.267 e. The molecule has 32 heavy (non-hydrogen) atoms. The number of thioether (sulfide) groups is 1. The Morgan fingerprint density at radius 1 is 1.16 bits per heavy atom. The summed E-state index contributed by atoms with van der Waals surface area (Å²) < 4.78 is 12.4. The second-order valence-corrected chi connectivity index (χ2v) is 9.71. The van der Waals surface area contributed by atoms with Crippen molar-refractivity contribution >= 4 is 33.3 Å². The summed E-state index contributed by atoms with van der Waals surface area (Å²) in [5.74, 6) is 1.79. The highest BCUT2D eigenvalue weighted by Crippen LogP contribution is 2.36. The zero-order valence-corrected chi connectivity index (χ0v) is 18.8. The SMILES string of the molecule is Cc1ccc(-n2c(SCc3nc(-c4ccco4)no3)nc3sc4c(c3c2=O)CCC4)cc1. The lowest BCUT2D eigenvalue weighted by atomic mass is 10.2. The fraction of sp³-hybridized carbons (Fsp3) is 0.217. The van der Waals surface area contributed by atoms with Crippen LogP contribution in [-0.2, 0) is 18.6 Å². The molecule has 160 valence electrons. The number of hydrogen-bond donors (Lipinski definition) is 0. The first-order valence-electron chi connectivity index (χ1n) is 10.3. The van der Waals surface area contributed by atoms with Crippen LogP contribution in [0.25, 0.3) is 27.5 Å². The Bertz CT molecular complexity index is 1480. The van der Waals surface area contributed by atoms with Gasteiger partial charge in [0.15, 0.2) is 10.9 Å². The lowest BCUT2D eigenvalue weighted by molar-refractivity contribution is 0.390. The maximum atomic E-state index is 13.7. The molecule has 0 bridgehead atoms. The highest BCUT2D eigenvalue weighted by atomic mass is 32.2. The Morgan fingerprint density at radius 2 is 2.03 bits per heavy atom. The van der Waals surface area contributed by atoms with E-state index in [0.29, 0.717) is 28.4 Å². The first-order chi connectivity index (χ1) is 15.7. The number of nitrogens with zero attached hydrogens (tertiary/aromatic N) is 4. The second-order valence-electron chi connectivity index (χ2n) is 7.69. The lowest BCUT2D eigenvalue weighted by Gasteiger charge is -2.12. The number of benzene rings is 1. The van der Waals surface area contributed by atoms with Crippen molar-refractivity contribution in [2.24, 2.45) is 0 Å². The molecule has 5 aromatic rings. The van der Waals surface area contributed by atoms with E-state index >= 15 is 0 Å². The molecule has 1 aliphatic carbocycles. The fourth-order valence-electron chi connectivity index (χ4n) is 3.99. The van der Waals surface area contributed by atoms with Gasteiger partial charge >= 0.3 is 0 Å². The van der Waals surface area contributed by atoms with Gasteiger partial charge in [-0.3, -0.25) is 9.36 Å². The van der Waals surface area contributed by atoms with Crippen molar-refractivity contribution in [3.63, 3.8) is 0 Å². The van der Waals surface area contributed by atoms with Crippen molar-refractivity contribution in [1.82, 2.24) is 19.7 Å². The third-order valence-electron chi connectivity index (χ3n) is 5.53. The quantitative estimate of drug-likeness (QED) is 0.263. The van der Waals surface area contributed by atoms with Gasteiger partial charge in [-0.1, -0.05) is 34.6 Å². The predicted molar refractivity (Wildman–Crippen MR) is 124 cm³/mol. The van der Waals surface area contributed by atoms with Crippen LogP contribution >= 0.6 is 23.1 Å². The molecule has 0 atom stereocenters. The van der Waals surface area contributed by atoms with Gasteiger partial charge in [0, 0.05) is 4.88 Å². The third kappa shape index (κ3) is 3.28. The Morgan fingerprint density at radius 3 is 2.84 bits per heavy atom. The highest BCUT2D eigenvalue weighted by molar-refractivity contribution is 7.98. The van der Waals surface area contributed by atoms with Gasteiger partial charge in [0.2, 0.25) is 11.7 Å². The summed E-state index contributed by atoms with van der Waals surface area (Å²) in [5.41, 5.74) is 3.11. The topological polar surface area (TPSA) is 86.9 Å². The van der Waals surface area contributed by atoms with E-state index in [1.54, 1.807) is 34.3 Å². The van der Waals surface area contributed by atoms with Gasteiger partial charge in [-0.15, -0.1) is 11.3 Å². The third-order valence-corrected chi connectivity index (χ3v) is 7.64.